The minimum absolute atomic E-state index is 0.0486. The van der Waals surface area contributed by atoms with Crippen LogP contribution >= 0.6 is 0 Å². The smallest absolute Gasteiger partial charge is 0.268 e. The van der Waals surface area contributed by atoms with Crippen molar-refractivity contribution in [2.75, 3.05) is 4.41 Å². The molecule has 5 nitrogen and oxygen atoms in total. The van der Waals surface area contributed by atoms with Crippen LogP contribution in [0.1, 0.15) is 0 Å². The zero-order chi connectivity index (χ0) is 9.19. The third-order valence-electron chi connectivity index (χ3n) is 1.22. The minimum atomic E-state index is -4.46. The highest BCUT2D eigenvalue weighted by molar-refractivity contribution is 7.87. The van der Waals surface area contributed by atoms with Gasteiger partial charge >= 0.3 is 10.3 Å². The molecule has 0 unspecified atom stereocenters. The lowest BCUT2D eigenvalue weighted by molar-refractivity contribution is 0.477. The Hall–Kier alpha value is -1.11. The van der Waals surface area contributed by atoms with Crippen molar-refractivity contribution in [1.29, 1.82) is 0 Å². The highest BCUT2D eigenvalue weighted by Crippen LogP contribution is 2.12. The number of hydrogen-bond acceptors (Lipinski definition) is 2. The first-order chi connectivity index (χ1) is 5.52. The van der Waals surface area contributed by atoms with Crippen LogP contribution in [0.2, 0.25) is 0 Å². The van der Waals surface area contributed by atoms with E-state index >= 15 is 0 Å². The van der Waals surface area contributed by atoms with E-state index in [1.165, 1.54) is 12.1 Å². The van der Waals surface area contributed by atoms with E-state index in [0.29, 0.717) is 0 Å². The topological polar surface area (TPSA) is 81.4 Å². The van der Waals surface area contributed by atoms with Gasteiger partial charge in [0.15, 0.2) is 0 Å². The third-order valence-corrected chi connectivity index (χ3v) is 1.89. The van der Waals surface area contributed by atoms with Gasteiger partial charge in [0.2, 0.25) is 0 Å². The Balaban J connectivity index is 3.02. The van der Waals surface area contributed by atoms with Gasteiger partial charge in [-0.2, -0.15) is 12.8 Å². The summed E-state index contributed by atoms with van der Waals surface area (Å²) in [6.45, 7) is 0. The first-order valence-corrected chi connectivity index (χ1v) is 4.45. The summed E-state index contributed by atoms with van der Waals surface area (Å²) in [5, 5.41) is 0. The number of nitrogens with one attached hydrogen (secondary N) is 1. The van der Waals surface area contributed by atoms with Crippen LogP contribution in [0.15, 0.2) is 30.3 Å². The Bertz CT molecular complexity index is 348. The number of hydrogen-bond donors (Lipinski definition) is 1. The van der Waals surface area contributed by atoms with E-state index < -0.39 is 10.3 Å². The highest BCUT2D eigenvalue weighted by atomic mass is 32.2. The molecule has 0 saturated heterocycles. The van der Waals surface area contributed by atoms with E-state index in [-0.39, 0.29) is 10.1 Å². The van der Waals surface area contributed by atoms with Crippen LogP contribution in [-0.4, -0.2) is 13.0 Å². The molecule has 12 heavy (non-hydrogen) atoms. The molecule has 6 heteroatoms. The lowest BCUT2D eigenvalue weighted by atomic mass is 10.3. The van der Waals surface area contributed by atoms with Crippen molar-refractivity contribution in [2.45, 2.75) is 0 Å². The first kappa shape index (κ1) is 8.98. The minimum Gasteiger partial charge on any atom is -0.268 e. The van der Waals surface area contributed by atoms with Gasteiger partial charge in [0, 0.05) is 0 Å². The summed E-state index contributed by atoms with van der Waals surface area (Å²) in [6, 6.07) is 7.63. The van der Waals surface area contributed by atoms with Crippen LogP contribution in [0.25, 0.3) is 0 Å². The molecule has 0 heterocycles. The maximum atomic E-state index is 10.4. The second kappa shape index (κ2) is 3.10. The normalized spacial score (nSPS) is 11.2. The zero-order valence-corrected chi connectivity index (χ0v) is 6.82. The summed E-state index contributed by atoms with van der Waals surface area (Å²) in [5.74, 6) is 6.96. The summed E-state index contributed by atoms with van der Waals surface area (Å²) < 4.78 is 29.4. The average Bonchev–Trinajstić information content (AvgIpc) is 2.03. The van der Waals surface area contributed by atoms with Crippen molar-refractivity contribution in [2.24, 2.45) is 0 Å². The molecule has 0 amide bonds. The van der Waals surface area contributed by atoms with Crippen molar-refractivity contribution in [3.8, 4) is 0 Å². The molecule has 0 aliphatic carbocycles. The number of nitrogens with zero attached hydrogens (tertiary/aromatic N) is 1. The average molecular weight is 187 g/mol. The fraction of sp³-hybridized carbons (Fsp3) is 0. The predicted molar refractivity (Wildman–Crippen MR) is 43.6 cm³/mol. The van der Waals surface area contributed by atoms with Crippen molar-refractivity contribution in [1.82, 2.24) is 5.84 Å². The van der Waals surface area contributed by atoms with Gasteiger partial charge in [-0.25, -0.2) is 0 Å². The second-order valence-corrected chi connectivity index (χ2v) is 3.34. The number of para-hydroxylation sites is 1. The van der Waals surface area contributed by atoms with Crippen molar-refractivity contribution in [3.63, 3.8) is 0 Å². The molecule has 1 aromatic rings. The van der Waals surface area contributed by atoms with Crippen LogP contribution in [0, 0.1) is 0 Å². The zero-order valence-electron chi connectivity index (χ0n) is 6.01. The Labute approximate surface area is 70.3 Å². The quantitative estimate of drug-likeness (QED) is 0.540. The van der Waals surface area contributed by atoms with Gasteiger partial charge in [-0.05, 0) is 12.1 Å². The largest absolute Gasteiger partial charge is 0.374 e. The molecule has 0 aliphatic heterocycles. The molecular formula is C6H7N2O3S. The van der Waals surface area contributed by atoms with Crippen LogP contribution in [0.4, 0.5) is 5.69 Å². The summed E-state index contributed by atoms with van der Waals surface area (Å²) in [6.07, 6.45) is 0. The summed E-state index contributed by atoms with van der Waals surface area (Å²) in [7, 11) is -4.46. The summed E-state index contributed by atoms with van der Waals surface area (Å²) in [4.78, 5) is 0. The monoisotopic (exact) mass is 187 g/mol. The summed E-state index contributed by atoms with van der Waals surface area (Å²) >= 11 is 0. The first-order valence-electron chi connectivity index (χ1n) is 3.06. The molecule has 0 spiro atoms. The van der Waals surface area contributed by atoms with Crippen LogP contribution in [0.5, 0.6) is 0 Å². The van der Waals surface area contributed by atoms with Gasteiger partial charge in [0.25, 0.3) is 0 Å². The molecule has 1 rings (SSSR count). The molecule has 1 aromatic carbocycles. The van der Waals surface area contributed by atoms with Crippen LogP contribution < -0.4 is 10.3 Å². The predicted octanol–water partition coefficient (Wildman–Crippen LogP) is 0.494. The Kier molecular flexibility index (Phi) is 2.32. The van der Waals surface area contributed by atoms with E-state index in [2.05, 4.69) is 0 Å². The van der Waals surface area contributed by atoms with Crippen LogP contribution in [0.3, 0.4) is 0 Å². The summed E-state index contributed by atoms with van der Waals surface area (Å²) in [5.41, 5.74) is 0.0972. The molecule has 0 aromatic heterocycles. The molecule has 0 bridgehead atoms. The molecule has 0 atom stereocenters. The standard InChI is InChI=1S/C6H7N2O3S/c7-8(12(9,10)11)6-4-2-1-3-5-6/h1-5,7H,(H,9,10,11). The van der Waals surface area contributed by atoms with Gasteiger partial charge in [-0.15, -0.1) is 5.84 Å². The van der Waals surface area contributed by atoms with E-state index in [0.717, 1.165) is 0 Å². The van der Waals surface area contributed by atoms with Crippen molar-refractivity contribution >= 4 is 16.0 Å². The van der Waals surface area contributed by atoms with Crippen molar-refractivity contribution < 1.29 is 13.0 Å². The Morgan fingerprint density at radius 2 is 1.75 bits per heavy atom. The molecular weight excluding hydrogens is 180 g/mol. The lowest BCUT2D eigenvalue weighted by Gasteiger charge is -2.11. The van der Waals surface area contributed by atoms with Gasteiger partial charge in [-0.1, -0.05) is 18.2 Å². The molecule has 0 fully saturated rings. The van der Waals surface area contributed by atoms with Crippen molar-refractivity contribution in [3.05, 3.63) is 30.3 Å². The van der Waals surface area contributed by atoms with E-state index in [1.807, 2.05) is 0 Å². The highest BCUT2D eigenvalue weighted by Gasteiger charge is 2.14. The molecule has 1 radical (unpaired) electrons. The SMILES string of the molecule is [NH]N(c1ccccc1)S(=O)(=O)O. The van der Waals surface area contributed by atoms with Crippen LogP contribution in [-0.2, 0) is 10.3 Å². The number of benzene rings is 1. The molecule has 0 saturated carbocycles. The van der Waals surface area contributed by atoms with E-state index in [9.17, 15) is 8.42 Å². The molecule has 0 aliphatic rings. The fourth-order valence-electron chi connectivity index (χ4n) is 0.697. The maximum absolute atomic E-state index is 10.4. The molecule has 65 valence electrons. The fourth-order valence-corrected chi connectivity index (χ4v) is 1.08. The van der Waals surface area contributed by atoms with Gasteiger partial charge in [0.05, 0.1) is 5.69 Å². The Morgan fingerprint density at radius 3 is 2.17 bits per heavy atom. The van der Waals surface area contributed by atoms with Gasteiger partial charge in [-0.3, -0.25) is 4.55 Å². The maximum Gasteiger partial charge on any atom is 0.374 e. The lowest BCUT2D eigenvalue weighted by Crippen LogP contribution is -2.27. The Morgan fingerprint density at radius 1 is 1.25 bits per heavy atom. The van der Waals surface area contributed by atoms with E-state index in [4.69, 9.17) is 10.4 Å². The van der Waals surface area contributed by atoms with Gasteiger partial charge < -0.3 is 0 Å². The number of rotatable bonds is 2. The second-order valence-electron chi connectivity index (χ2n) is 2.08. The number of anilines is 1. The molecule has 2 N–H and O–H groups in total. The van der Waals surface area contributed by atoms with Gasteiger partial charge in [0.1, 0.15) is 0 Å². The third kappa shape index (κ3) is 1.94. The van der Waals surface area contributed by atoms with E-state index in [1.54, 1.807) is 18.2 Å².